The van der Waals surface area contributed by atoms with E-state index in [2.05, 4.69) is 4.74 Å². The van der Waals surface area contributed by atoms with Gasteiger partial charge in [0.15, 0.2) is 0 Å². The average Bonchev–Trinajstić information content (AvgIpc) is 2.14. The molecule has 3 atom stereocenters. The summed E-state index contributed by atoms with van der Waals surface area (Å²) < 4.78 is 4.48. The van der Waals surface area contributed by atoms with Gasteiger partial charge in [0.2, 0.25) is 0 Å². The highest BCUT2D eigenvalue weighted by Crippen LogP contribution is 2.45. The van der Waals surface area contributed by atoms with Crippen LogP contribution in [0.4, 0.5) is 0 Å². The van der Waals surface area contributed by atoms with Crippen LogP contribution in [-0.4, -0.2) is 27.9 Å². The molecule has 1 aliphatic heterocycles. The van der Waals surface area contributed by atoms with Crippen LogP contribution in [0.1, 0.15) is 19.3 Å². The van der Waals surface area contributed by atoms with Crippen molar-refractivity contribution in [1.82, 2.24) is 0 Å². The minimum Gasteiger partial charge on any atom is -0.481 e. The van der Waals surface area contributed by atoms with E-state index in [1.807, 2.05) is 0 Å². The molecule has 0 aromatic rings. The maximum absolute atomic E-state index is 11.3. The van der Waals surface area contributed by atoms with Gasteiger partial charge in [0.1, 0.15) is 4.87 Å². The first-order valence-electron chi connectivity index (χ1n) is 4.60. The summed E-state index contributed by atoms with van der Waals surface area (Å²) in [5.74, 6) is -3.78. The van der Waals surface area contributed by atoms with Crippen molar-refractivity contribution >= 4 is 29.5 Å². The highest BCUT2D eigenvalue weighted by atomic mass is 35.5. The zero-order chi connectivity index (χ0) is 11.2. The molecular weight excluding hydrogens is 224 g/mol. The maximum Gasteiger partial charge on any atom is 0.334 e. The Labute approximate surface area is 90.3 Å². The third-order valence-corrected chi connectivity index (χ3v) is 3.41. The summed E-state index contributed by atoms with van der Waals surface area (Å²) in [6.45, 7) is 0. The molecule has 15 heavy (non-hydrogen) atoms. The summed E-state index contributed by atoms with van der Waals surface area (Å²) in [6, 6.07) is 0. The quantitative estimate of drug-likeness (QED) is 0.406. The summed E-state index contributed by atoms with van der Waals surface area (Å²) >= 11 is 5.97. The Bertz CT molecular complexity index is 352. The van der Waals surface area contributed by atoms with Crippen molar-refractivity contribution in [3.05, 3.63) is 0 Å². The lowest BCUT2D eigenvalue weighted by atomic mass is 9.73. The number of hydrogen-bond acceptors (Lipinski definition) is 4. The van der Waals surface area contributed by atoms with E-state index in [-0.39, 0.29) is 19.3 Å². The molecule has 0 spiro atoms. The van der Waals surface area contributed by atoms with Crippen LogP contribution in [-0.2, 0) is 19.1 Å². The Morgan fingerprint density at radius 1 is 1.47 bits per heavy atom. The first-order chi connectivity index (χ1) is 6.92. The fourth-order valence-electron chi connectivity index (χ4n) is 2.18. The summed E-state index contributed by atoms with van der Waals surface area (Å²) in [7, 11) is 0. The number of fused-ring (bicyclic) bond motifs is 2. The van der Waals surface area contributed by atoms with Crippen molar-refractivity contribution < 1.29 is 24.2 Å². The number of hydrogen-bond donors (Lipinski definition) is 1. The molecule has 2 aliphatic rings. The molecule has 1 saturated carbocycles. The van der Waals surface area contributed by atoms with Crippen LogP contribution in [0.2, 0.25) is 0 Å². The summed E-state index contributed by atoms with van der Waals surface area (Å²) in [4.78, 5) is 32.1. The second kappa shape index (κ2) is 3.20. The van der Waals surface area contributed by atoms with Gasteiger partial charge in [0.25, 0.3) is 0 Å². The molecule has 2 rings (SSSR count). The number of aliphatic carboxylic acids is 1. The van der Waals surface area contributed by atoms with E-state index in [1.54, 1.807) is 0 Å². The number of alkyl halides is 1. The van der Waals surface area contributed by atoms with E-state index in [1.165, 1.54) is 0 Å². The number of carbonyl (C=O) groups excluding carboxylic acids is 2. The second-order valence-corrected chi connectivity index (χ2v) is 4.77. The van der Waals surface area contributed by atoms with Crippen molar-refractivity contribution in [3.8, 4) is 0 Å². The summed E-state index contributed by atoms with van der Waals surface area (Å²) in [5, 5.41) is 8.86. The predicted molar refractivity (Wildman–Crippen MR) is 48.1 cm³/mol. The van der Waals surface area contributed by atoms with Crippen molar-refractivity contribution in [2.24, 2.45) is 11.8 Å². The van der Waals surface area contributed by atoms with Gasteiger partial charge >= 0.3 is 17.9 Å². The van der Waals surface area contributed by atoms with E-state index in [4.69, 9.17) is 16.7 Å². The fourth-order valence-corrected chi connectivity index (χ4v) is 2.59. The van der Waals surface area contributed by atoms with Crippen molar-refractivity contribution in [3.63, 3.8) is 0 Å². The lowest BCUT2D eigenvalue weighted by Crippen LogP contribution is -2.51. The number of carboxylic acid groups (broad SMARTS) is 1. The van der Waals surface area contributed by atoms with Gasteiger partial charge in [-0.05, 0) is 19.3 Å². The highest BCUT2D eigenvalue weighted by Gasteiger charge is 2.54. The molecule has 2 bridgehead atoms. The molecule has 82 valence electrons. The van der Waals surface area contributed by atoms with E-state index in [0.29, 0.717) is 0 Å². The highest BCUT2D eigenvalue weighted by molar-refractivity contribution is 6.35. The lowest BCUT2D eigenvalue weighted by Gasteiger charge is -2.39. The monoisotopic (exact) mass is 232 g/mol. The van der Waals surface area contributed by atoms with Crippen LogP contribution < -0.4 is 0 Å². The Morgan fingerprint density at radius 2 is 2.13 bits per heavy atom. The van der Waals surface area contributed by atoms with E-state index in [9.17, 15) is 14.4 Å². The zero-order valence-electron chi connectivity index (χ0n) is 7.73. The number of rotatable bonds is 1. The molecule has 0 aromatic carbocycles. The van der Waals surface area contributed by atoms with E-state index < -0.39 is 34.6 Å². The molecule has 1 saturated heterocycles. The normalized spacial score (nSPS) is 39.8. The Morgan fingerprint density at radius 3 is 2.73 bits per heavy atom. The van der Waals surface area contributed by atoms with Crippen LogP contribution >= 0.6 is 11.6 Å². The van der Waals surface area contributed by atoms with Crippen LogP contribution in [0.3, 0.4) is 0 Å². The third-order valence-electron chi connectivity index (χ3n) is 2.95. The average molecular weight is 233 g/mol. The van der Waals surface area contributed by atoms with Crippen LogP contribution in [0, 0.1) is 11.8 Å². The number of halogens is 1. The Hall–Kier alpha value is -1.10. The number of carboxylic acids is 1. The number of cyclic esters (lactones) is 2. The standard InChI is InChI=1S/C9H9ClO5/c10-9-2-4(6(11)12)1-5(3-9)7(13)15-8(9)14/h4-5H,1-3H2,(H,11,12). The molecular formula is C9H9ClO5. The topological polar surface area (TPSA) is 80.7 Å². The van der Waals surface area contributed by atoms with E-state index in [0.717, 1.165) is 0 Å². The number of ether oxygens (including phenoxy) is 1. The predicted octanol–water partition coefficient (Wildman–Crippen LogP) is 0.548. The van der Waals surface area contributed by atoms with Gasteiger partial charge in [0, 0.05) is 0 Å². The van der Waals surface area contributed by atoms with E-state index >= 15 is 0 Å². The molecule has 0 aromatic heterocycles. The molecule has 1 N–H and O–H groups in total. The third kappa shape index (κ3) is 1.61. The van der Waals surface area contributed by atoms with Gasteiger partial charge in [-0.15, -0.1) is 11.6 Å². The van der Waals surface area contributed by atoms with Crippen molar-refractivity contribution in [1.29, 1.82) is 0 Å². The summed E-state index contributed by atoms with van der Waals surface area (Å²) in [6.07, 6.45) is 0.429. The number of esters is 2. The SMILES string of the molecule is O=C(O)C1CC2CC(Cl)(C1)C(=O)OC2=O. The van der Waals surface area contributed by atoms with Crippen molar-refractivity contribution in [2.75, 3.05) is 0 Å². The number of carbonyl (C=O) groups is 3. The smallest absolute Gasteiger partial charge is 0.334 e. The Kier molecular flexibility index (Phi) is 2.22. The minimum absolute atomic E-state index is 0.0342. The lowest BCUT2D eigenvalue weighted by molar-refractivity contribution is -0.175. The van der Waals surface area contributed by atoms with Gasteiger partial charge in [0.05, 0.1) is 11.8 Å². The minimum atomic E-state index is -1.32. The van der Waals surface area contributed by atoms with Gasteiger partial charge in [-0.3, -0.25) is 9.59 Å². The van der Waals surface area contributed by atoms with Gasteiger partial charge in [-0.2, -0.15) is 0 Å². The molecule has 0 radical (unpaired) electrons. The van der Waals surface area contributed by atoms with Crippen molar-refractivity contribution in [2.45, 2.75) is 24.1 Å². The second-order valence-electron chi connectivity index (χ2n) is 4.05. The van der Waals surface area contributed by atoms with Gasteiger partial charge in [-0.25, -0.2) is 4.79 Å². The molecule has 6 heteroatoms. The van der Waals surface area contributed by atoms with Crippen LogP contribution in [0.15, 0.2) is 0 Å². The van der Waals surface area contributed by atoms with Gasteiger partial charge in [-0.1, -0.05) is 0 Å². The van der Waals surface area contributed by atoms with Crippen LogP contribution in [0.5, 0.6) is 0 Å². The molecule has 5 nitrogen and oxygen atoms in total. The largest absolute Gasteiger partial charge is 0.481 e. The van der Waals surface area contributed by atoms with Gasteiger partial charge < -0.3 is 9.84 Å². The zero-order valence-corrected chi connectivity index (χ0v) is 8.49. The summed E-state index contributed by atoms with van der Waals surface area (Å²) in [5.41, 5.74) is 0. The molecule has 3 unspecified atom stereocenters. The molecule has 2 fully saturated rings. The first-order valence-corrected chi connectivity index (χ1v) is 4.98. The molecule has 1 heterocycles. The fraction of sp³-hybridized carbons (Fsp3) is 0.667. The van der Waals surface area contributed by atoms with Crippen LogP contribution in [0.25, 0.3) is 0 Å². The molecule has 0 amide bonds. The maximum atomic E-state index is 11.3. The molecule has 1 aliphatic carbocycles. The Balaban J connectivity index is 2.28. The first kappa shape index (κ1) is 10.4.